The summed E-state index contributed by atoms with van der Waals surface area (Å²) >= 11 is 0. The summed E-state index contributed by atoms with van der Waals surface area (Å²) in [6, 6.07) is 6.92. The van der Waals surface area contributed by atoms with Crippen LogP contribution in [0, 0.1) is 0 Å². The smallest absolute Gasteiger partial charge is 0.286 e. The van der Waals surface area contributed by atoms with Gasteiger partial charge in [0.15, 0.2) is 0 Å². The quantitative estimate of drug-likeness (QED) is 0.659. The highest BCUT2D eigenvalue weighted by Crippen LogP contribution is 2.32. The lowest BCUT2D eigenvalue weighted by Gasteiger charge is -2.24. The van der Waals surface area contributed by atoms with Gasteiger partial charge in [-0.15, -0.1) is 4.40 Å². The topological polar surface area (TPSA) is 49.7 Å². The van der Waals surface area contributed by atoms with Crippen molar-refractivity contribution in [3.63, 3.8) is 0 Å². The molecule has 0 saturated carbocycles. The SMILES string of the molecule is O=S1(=O)N=C2C=CCN2c2ccccc21. The molecule has 0 atom stereocenters. The van der Waals surface area contributed by atoms with E-state index in [1.807, 2.05) is 17.0 Å². The van der Waals surface area contributed by atoms with E-state index in [0.29, 0.717) is 18.1 Å². The normalized spacial score (nSPS) is 20.8. The van der Waals surface area contributed by atoms with Gasteiger partial charge in [0.1, 0.15) is 10.7 Å². The second kappa shape index (κ2) is 2.70. The van der Waals surface area contributed by atoms with Crippen molar-refractivity contribution >= 4 is 21.5 Å². The van der Waals surface area contributed by atoms with Crippen LogP contribution >= 0.6 is 0 Å². The number of benzene rings is 1. The molecule has 1 aromatic rings. The van der Waals surface area contributed by atoms with Gasteiger partial charge in [-0.3, -0.25) is 0 Å². The molecule has 0 radical (unpaired) electrons. The Morgan fingerprint density at radius 1 is 1.27 bits per heavy atom. The number of nitrogens with zero attached hydrogens (tertiary/aromatic N) is 2. The Kier molecular flexibility index (Phi) is 1.56. The van der Waals surface area contributed by atoms with Crippen molar-refractivity contribution in [2.24, 2.45) is 4.40 Å². The summed E-state index contributed by atoms with van der Waals surface area (Å²) in [7, 11) is -3.50. The molecule has 15 heavy (non-hydrogen) atoms. The highest BCUT2D eigenvalue weighted by Gasteiger charge is 2.30. The number of hydrogen-bond acceptors (Lipinski definition) is 3. The van der Waals surface area contributed by atoms with E-state index in [0.717, 1.165) is 0 Å². The molecule has 2 heterocycles. The summed E-state index contributed by atoms with van der Waals surface area (Å²) in [6.45, 7) is 0.686. The standard InChI is InChI=1S/C10H8N2O2S/c13-15(14)9-5-2-1-4-8(9)12-7-3-6-10(12)11-15/h1-6H,7H2. The fourth-order valence-corrected chi connectivity index (χ4v) is 3.02. The highest BCUT2D eigenvalue weighted by atomic mass is 32.2. The number of fused-ring (bicyclic) bond motifs is 3. The van der Waals surface area contributed by atoms with Crippen LogP contribution < -0.4 is 4.90 Å². The van der Waals surface area contributed by atoms with Crippen LogP contribution in [0.1, 0.15) is 0 Å². The van der Waals surface area contributed by atoms with Gasteiger partial charge in [-0.05, 0) is 18.2 Å². The zero-order valence-electron chi connectivity index (χ0n) is 7.79. The minimum atomic E-state index is -3.50. The fraction of sp³-hybridized carbons (Fsp3) is 0.100. The average Bonchev–Trinajstić information content (AvgIpc) is 2.65. The third-order valence-corrected chi connectivity index (χ3v) is 3.81. The van der Waals surface area contributed by atoms with E-state index in [1.54, 1.807) is 24.3 Å². The number of para-hydroxylation sites is 1. The third-order valence-electron chi connectivity index (χ3n) is 2.48. The van der Waals surface area contributed by atoms with Crippen molar-refractivity contribution in [2.45, 2.75) is 4.90 Å². The molecule has 2 aliphatic heterocycles. The van der Waals surface area contributed by atoms with E-state index >= 15 is 0 Å². The number of sulfonamides is 1. The molecule has 5 heteroatoms. The van der Waals surface area contributed by atoms with Crippen molar-refractivity contribution in [2.75, 3.05) is 11.4 Å². The lowest BCUT2D eigenvalue weighted by Crippen LogP contribution is -2.30. The molecule has 2 aliphatic rings. The summed E-state index contributed by atoms with van der Waals surface area (Å²) in [5.41, 5.74) is 0.715. The fourth-order valence-electron chi connectivity index (χ4n) is 1.82. The number of rotatable bonds is 0. The summed E-state index contributed by atoms with van der Waals surface area (Å²) < 4.78 is 27.3. The predicted octanol–water partition coefficient (Wildman–Crippen LogP) is 1.16. The highest BCUT2D eigenvalue weighted by molar-refractivity contribution is 7.90. The first kappa shape index (κ1) is 8.67. The monoisotopic (exact) mass is 220 g/mol. The van der Waals surface area contributed by atoms with E-state index in [4.69, 9.17) is 0 Å². The predicted molar refractivity (Wildman–Crippen MR) is 57.5 cm³/mol. The Morgan fingerprint density at radius 2 is 2.07 bits per heavy atom. The van der Waals surface area contributed by atoms with Crippen LogP contribution in [0.2, 0.25) is 0 Å². The van der Waals surface area contributed by atoms with Crippen LogP contribution in [0.15, 0.2) is 45.7 Å². The molecular weight excluding hydrogens is 212 g/mol. The zero-order valence-corrected chi connectivity index (χ0v) is 8.61. The number of anilines is 1. The van der Waals surface area contributed by atoms with Crippen molar-refractivity contribution in [1.82, 2.24) is 0 Å². The van der Waals surface area contributed by atoms with E-state index < -0.39 is 10.0 Å². The van der Waals surface area contributed by atoms with Gasteiger partial charge >= 0.3 is 0 Å². The van der Waals surface area contributed by atoms with Crippen LogP contribution in [0.25, 0.3) is 0 Å². The minimum absolute atomic E-state index is 0.289. The molecule has 0 bridgehead atoms. The molecule has 0 spiro atoms. The van der Waals surface area contributed by atoms with Crippen LogP contribution in [0.5, 0.6) is 0 Å². The van der Waals surface area contributed by atoms with E-state index in [1.165, 1.54) is 0 Å². The lowest BCUT2D eigenvalue weighted by molar-refractivity contribution is 0.597. The van der Waals surface area contributed by atoms with Gasteiger partial charge in [0.2, 0.25) is 0 Å². The first-order valence-corrected chi connectivity index (χ1v) is 6.00. The summed E-state index contributed by atoms with van der Waals surface area (Å²) in [5, 5.41) is 0. The molecule has 4 nitrogen and oxygen atoms in total. The van der Waals surface area contributed by atoms with E-state index in [2.05, 4.69) is 4.40 Å². The summed E-state index contributed by atoms with van der Waals surface area (Å²) in [5.74, 6) is 0.508. The van der Waals surface area contributed by atoms with Gasteiger partial charge in [0.05, 0.1) is 5.69 Å². The Balaban J connectivity index is 2.34. The molecule has 1 aromatic carbocycles. The maximum Gasteiger partial charge on any atom is 0.286 e. The Morgan fingerprint density at radius 3 is 2.93 bits per heavy atom. The zero-order chi connectivity index (χ0) is 10.5. The first-order chi connectivity index (χ1) is 7.18. The Labute approximate surface area is 87.6 Å². The van der Waals surface area contributed by atoms with Gasteiger partial charge in [-0.1, -0.05) is 18.2 Å². The molecule has 0 fully saturated rings. The van der Waals surface area contributed by atoms with Crippen LogP contribution in [-0.4, -0.2) is 20.8 Å². The van der Waals surface area contributed by atoms with E-state index in [9.17, 15) is 8.42 Å². The van der Waals surface area contributed by atoms with Gasteiger partial charge in [0.25, 0.3) is 10.0 Å². The van der Waals surface area contributed by atoms with Gasteiger partial charge in [-0.2, -0.15) is 8.42 Å². The third kappa shape index (κ3) is 1.13. The Bertz CT molecular complexity index is 587. The van der Waals surface area contributed by atoms with Gasteiger partial charge < -0.3 is 4.90 Å². The number of amidine groups is 1. The van der Waals surface area contributed by atoms with Crippen molar-refractivity contribution < 1.29 is 8.42 Å². The summed E-state index contributed by atoms with van der Waals surface area (Å²) in [4.78, 5) is 2.17. The summed E-state index contributed by atoms with van der Waals surface area (Å²) in [6.07, 6.45) is 3.63. The van der Waals surface area contributed by atoms with Gasteiger partial charge in [0, 0.05) is 6.54 Å². The largest absolute Gasteiger partial charge is 0.321 e. The second-order valence-corrected chi connectivity index (χ2v) is 4.98. The molecule has 76 valence electrons. The number of hydrogen-bond donors (Lipinski definition) is 0. The van der Waals surface area contributed by atoms with Gasteiger partial charge in [-0.25, -0.2) is 0 Å². The maximum atomic E-state index is 11.8. The van der Waals surface area contributed by atoms with E-state index in [-0.39, 0.29) is 4.90 Å². The first-order valence-electron chi connectivity index (χ1n) is 4.56. The molecule has 0 N–H and O–H groups in total. The average molecular weight is 220 g/mol. The Hall–Kier alpha value is -1.62. The van der Waals surface area contributed by atoms with Crippen molar-refractivity contribution in [3.8, 4) is 0 Å². The van der Waals surface area contributed by atoms with Crippen LogP contribution in [0.4, 0.5) is 5.69 Å². The van der Waals surface area contributed by atoms with Crippen molar-refractivity contribution in [1.29, 1.82) is 0 Å². The van der Waals surface area contributed by atoms with Crippen LogP contribution in [0.3, 0.4) is 0 Å². The molecule has 0 unspecified atom stereocenters. The molecule has 0 saturated heterocycles. The molecule has 3 rings (SSSR count). The molecule has 0 amide bonds. The lowest BCUT2D eigenvalue weighted by atomic mass is 10.3. The van der Waals surface area contributed by atoms with Crippen molar-refractivity contribution in [3.05, 3.63) is 36.4 Å². The maximum absolute atomic E-state index is 11.8. The molecular formula is C10H8N2O2S. The van der Waals surface area contributed by atoms with Crippen LogP contribution in [-0.2, 0) is 10.0 Å². The minimum Gasteiger partial charge on any atom is -0.321 e. The molecule has 0 aliphatic carbocycles. The second-order valence-electron chi connectivity index (χ2n) is 3.41. The molecule has 0 aromatic heterocycles.